The Balaban J connectivity index is 1.33. The topological polar surface area (TPSA) is 52.6 Å². The van der Waals surface area contributed by atoms with Crippen LogP contribution in [-0.4, -0.2) is 18.0 Å². The van der Waals surface area contributed by atoms with Gasteiger partial charge in [-0.05, 0) is 63.4 Å². The number of ether oxygens (including phenoxy) is 2. The van der Waals surface area contributed by atoms with Gasteiger partial charge in [-0.3, -0.25) is 0 Å². The zero-order valence-electron chi connectivity index (χ0n) is 23.1. The van der Waals surface area contributed by atoms with Gasteiger partial charge in [0.25, 0.3) is 0 Å². The third-order valence-corrected chi connectivity index (χ3v) is 7.56. The molecule has 0 aromatic heterocycles. The highest BCUT2D eigenvalue weighted by atomic mass is 16.6. The summed E-state index contributed by atoms with van der Waals surface area (Å²) in [5.74, 6) is -1.01. The number of esters is 2. The number of carbonyl (C=O) groups is 2. The van der Waals surface area contributed by atoms with Crippen LogP contribution in [0.1, 0.15) is 67.8 Å². The van der Waals surface area contributed by atoms with Crippen molar-refractivity contribution < 1.29 is 19.1 Å². The number of hydrogen-bond acceptors (Lipinski definition) is 4. The lowest BCUT2D eigenvalue weighted by Gasteiger charge is -2.18. The standard InChI is InChI=1S/C36H36O4/c1-2-3-4-5-6-7-20-34(40-35(37)30-22-21-26-14-8-9-15-27(26)23-30)36(38)39-25-33-31-18-12-10-16-28(31)24-29-17-11-13-19-32(29)33/h8-19,21-24,34H,2-7,20,25H2,1H3/t34-/m1/s1. The minimum absolute atomic E-state index is 0.112. The molecule has 0 saturated carbocycles. The van der Waals surface area contributed by atoms with E-state index in [1.165, 1.54) is 19.3 Å². The molecule has 5 rings (SSSR count). The Morgan fingerprint density at radius 1 is 0.650 bits per heavy atom. The second-order valence-corrected chi connectivity index (χ2v) is 10.4. The van der Waals surface area contributed by atoms with Gasteiger partial charge in [-0.2, -0.15) is 0 Å². The molecule has 4 heteroatoms. The molecular weight excluding hydrogens is 496 g/mol. The summed E-state index contributed by atoms with van der Waals surface area (Å²) in [6, 6.07) is 31.7. The van der Waals surface area contributed by atoms with Crippen molar-refractivity contribution in [3.63, 3.8) is 0 Å². The van der Waals surface area contributed by atoms with Crippen LogP contribution in [-0.2, 0) is 20.9 Å². The molecule has 0 bridgehead atoms. The summed E-state index contributed by atoms with van der Waals surface area (Å²) in [6.07, 6.45) is 5.96. The summed E-state index contributed by atoms with van der Waals surface area (Å²) in [5.41, 5.74) is 1.39. The van der Waals surface area contributed by atoms with E-state index < -0.39 is 18.0 Å². The van der Waals surface area contributed by atoms with Crippen LogP contribution >= 0.6 is 0 Å². The van der Waals surface area contributed by atoms with E-state index in [0.29, 0.717) is 12.0 Å². The summed E-state index contributed by atoms with van der Waals surface area (Å²) in [7, 11) is 0. The molecule has 0 heterocycles. The highest BCUT2D eigenvalue weighted by Crippen LogP contribution is 2.29. The van der Waals surface area contributed by atoms with Gasteiger partial charge >= 0.3 is 11.9 Å². The highest BCUT2D eigenvalue weighted by Gasteiger charge is 2.26. The average Bonchev–Trinajstić information content (AvgIpc) is 2.99. The first kappa shape index (κ1) is 27.4. The van der Waals surface area contributed by atoms with Gasteiger partial charge in [0, 0.05) is 5.56 Å². The smallest absolute Gasteiger partial charge is 0.347 e. The average molecular weight is 533 g/mol. The van der Waals surface area contributed by atoms with Gasteiger partial charge < -0.3 is 9.47 Å². The summed E-state index contributed by atoms with van der Waals surface area (Å²) < 4.78 is 11.7. The van der Waals surface area contributed by atoms with Crippen LogP contribution in [0.4, 0.5) is 0 Å². The predicted octanol–water partition coefficient (Wildman–Crippen LogP) is 9.17. The van der Waals surface area contributed by atoms with E-state index >= 15 is 0 Å². The summed E-state index contributed by atoms with van der Waals surface area (Å²) >= 11 is 0. The minimum Gasteiger partial charge on any atom is -0.458 e. The largest absolute Gasteiger partial charge is 0.458 e. The van der Waals surface area contributed by atoms with Crippen molar-refractivity contribution in [3.8, 4) is 0 Å². The first-order chi connectivity index (χ1) is 19.6. The number of carbonyl (C=O) groups excluding carboxylic acids is 2. The second-order valence-electron chi connectivity index (χ2n) is 10.4. The van der Waals surface area contributed by atoms with E-state index in [1.807, 2.05) is 60.7 Å². The molecule has 40 heavy (non-hydrogen) atoms. The molecule has 0 aliphatic carbocycles. The Hall–Kier alpha value is -4.18. The molecule has 0 unspecified atom stereocenters. The number of fused-ring (bicyclic) bond motifs is 3. The maximum absolute atomic E-state index is 13.4. The van der Waals surface area contributed by atoms with Crippen molar-refractivity contribution in [1.82, 2.24) is 0 Å². The molecule has 1 atom stereocenters. The molecule has 0 aliphatic heterocycles. The van der Waals surface area contributed by atoms with E-state index in [4.69, 9.17) is 9.47 Å². The lowest BCUT2D eigenvalue weighted by molar-refractivity contribution is -0.155. The van der Waals surface area contributed by atoms with Gasteiger partial charge in [0.1, 0.15) is 6.61 Å². The van der Waals surface area contributed by atoms with Crippen LogP contribution in [0.5, 0.6) is 0 Å². The van der Waals surface area contributed by atoms with Crippen molar-refractivity contribution in [3.05, 3.63) is 108 Å². The predicted molar refractivity (Wildman–Crippen MR) is 162 cm³/mol. The third-order valence-electron chi connectivity index (χ3n) is 7.56. The Morgan fingerprint density at radius 2 is 1.25 bits per heavy atom. The molecule has 0 saturated heterocycles. The fraction of sp³-hybridized carbons (Fsp3) is 0.278. The lowest BCUT2D eigenvalue weighted by Crippen LogP contribution is -2.29. The van der Waals surface area contributed by atoms with Gasteiger partial charge in [0.2, 0.25) is 0 Å². The molecule has 0 N–H and O–H groups in total. The molecule has 5 aromatic carbocycles. The fourth-order valence-electron chi connectivity index (χ4n) is 5.35. The SMILES string of the molecule is CCCCCCCC[C@@H](OC(=O)c1ccc2ccccc2c1)C(=O)OCc1c2ccccc2cc2ccccc12. The molecule has 0 spiro atoms. The van der Waals surface area contributed by atoms with Crippen LogP contribution in [0.25, 0.3) is 32.3 Å². The van der Waals surface area contributed by atoms with E-state index in [1.54, 1.807) is 6.07 Å². The number of unbranched alkanes of at least 4 members (excludes halogenated alkanes) is 5. The van der Waals surface area contributed by atoms with E-state index in [9.17, 15) is 9.59 Å². The lowest BCUT2D eigenvalue weighted by atomic mass is 9.97. The van der Waals surface area contributed by atoms with Crippen LogP contribution < -0.4 is 0 Å². The second kappa shape index (κ2) is 13.3. The summed E-state index contributed by atoms with van der Waals surface area (Å²) in [5, 5.41) is 6.29. The van der Waals surface area contributed by atoms with Gasteiger partial charge in [-0.15, -0.1) is 0 Å². The summed E-state index contributed by atoms with van der Waals surface area (Å²) in [4.78, 5) is 26.6. The van der Waals surface area contributed by atoms with Gasteiger partial charge in [0.05, 0.1) is 5.56 Å². The first-order valence-electron chi connectivity index (χ1n) is 14.4. The van der Waals surface area contributed by atoms with E-state index in [0.717, 1.165) is 57.1 Å². The van der Waals surface area contributed by atoms with Gasteiger partial charge in [-0.25, -0.2) is 9.59 Å². The van der Waals surface area contributed by atoms with Crippen LogP contribution in [0.15, 0.2) is 97.1 Å². The Bertz CT molecular complexity index is 1570. The number of rotatable bonds is 12. The minimum atomic E-state index is -0.952. The Kier molecular flexibility index (Phi) is 9.07. The van der Waals surface area contributed by atoms with Crippen LogP contribution in [0.3, 0.4) is 0 Å². The molecule has 0 radical (unpaired) electrons. The molecule has 4 nitrogen and oxygen atoms in total. The zero-order valence-corrected chi connectivity index (χ0v) is 23.1. The van der Waals surface area contributed by atoms with Crippen molar-refractivity contribution >= 4 is 44.3 Å². The van der Waals surface area contributed by atoms with Crippen molar-refractivity contribution in [2.45, 2.75) is 64.6 Å². The van der Waals surface area contributed by atoms with Crippen LogP contribution in [0.2, 0.25) is 0 Å². The summed E-state index contributed by atoms with van der Waals surface area (Å²) in [6.45, 7) is 2.30. The van der Waals surface area contributed by atoms with Crippen molar-refractivity contribution in [2.24, 2.45) is 0 Å². The molecule has 5 aromatic rings. The third kappa shape index (κ3) is 6.51. The number of benzene rings is 5. The Labute approximate surface area is 235 Å². The van der Waals surface area contributed by atoms with Gasteiger partial charge in [0.15, 0.2) is 6.10 Å². The van der Waals surface area contributed by atoms with Gasteiger partial charge in [-0.1, -0.05) is 118 Å². The first-order valence-corrected chi connectivity index (χ1v) is 14.4. The molecular formula is C36H36O4. The fourth-order valence-corrected chi connectivity index (χ4v) is 5.35. The zero-order chi connectivity index (χ0) is 27.7. The van der Waals surface area contributed by atoms with Crippen LogP contribution in [0, 0.1) is 0 Å². The maximum atomic E-state index is 13.4. The Morgan fingerprint density at radius 3 is 1.95 bits per heavy atom. The van der Waals surface area contributed by atoms with Crippen molar-refractivity contribution in [1.29, 1.82) is 0 Å². The van der Waals surface area contributed by atoms with E-state index in [2.05, 4.69) is 37.3 Å². The monoisotopic (exact) mass is 532 g/mol. The van der Waals surface area contributed by atoms with Crippen molar-refractivity contribution in [2.75, 3.05) is 0 Å². The molecule has 204 valence electrons. The highest BCUT2D eigenvalue weighted by molar-refractivity contribution is 6.02. The molecule has 0 fully saturated rings. The molecule has 0 amide bonds. The molecule has 0 aliphatic rings. The maximum Gasteiger partial charge on any atom is 0.347 e. The van der Waals surface area contributed by atoms with E-state index in [-0.39, 0.29) is 6.61 Å². The quantitative estimate of drug-likeness (QED) is 0.0913. The normalized spacial score (nSPS) is 12.0. The number of hydrogen-bond donors (Lipinski definition) is 0.